The van der Waals surface area contributed by atoms with Gasteiger partial charge in [0, 0.05) is 0 Å². The molecule has 24 heavy (non-hydrogen) atoms. The van der Waals surface area contributed by atoms with Crippen LogP contribution in [0, 0.1) is 5.41 Å². The van der Waals surface area contributed by atoms with Crippen molar-refractivity contribution in [2.24, 2.45) is 5.41 Å². The van der Waals surface area contributed by atoms with E-state index in [-0.39, 0.29) is 11.5 Å². The van der Waals surface area contributed by atoms with Crippen LogP contribution >= 0.6 is 15.9 Å². The van der Waals surface area contributed by atoms with Crippen molar-refractivity contribution in [3.05, 3.63) is 16.8 Å². The second kappa shape index (κ2) is 9.96. The van der Waals surface area contributed by atoms with Crippen molar-refractivity contribution in [2.75, 3.05) is 0 Å². The van der Waals surface area contributed by atoms with Crippen molar-refractivity contribution < 1.29 is 9.15 Å². The molecule has 0 radical (unpaired) electrons. The summed E-state index contributed by atoms with van der Waals surface area (Å²) in [5.41, 5.74) is -0.422. The van der Waals surface area contributed by atoms with E-state index in [4.69, 9.17) is 9.15 Å². The maximum atomic E-state index is 6.47. The summed E-state index contributed by atoms with van der Waals surface area (Å²) in [4.78, 5) is 4.32. The Bertz CT molecular complexity index is 462. The Labute approximate surface area is 157 Å². The molecule has 1 atom stereocenters. The average molecular weight is 402 g/mol. The van der Waals surface area contributed by atoms with Crippen molar-refractivity contribution in [1.82, 2.24) is 4.98 Å². The molecule has 1 aromatic heterocycles. The Morgan fingerprint density at radius 2 is 1.62 bits per heavy atom. The molecule has 0 amide bonds. The molecule has 0 saturated heterocycles. The first kappa shape index (κ1) is 21.7. The highest BCUT2D eigenvalue weighted by atomic mass is 79.9. The van der Waals surface area contributed by atoms with Gasteiger partial charge in [-0.25, -0.2) is 4.98 Å². The van der Waals surface area contributed by atoms with E-state index < -0.39 is 5.60 Å². The van der Waals surface area contributed by atoms with Crippen molar-refractivity contribution in [2.45, 2.75) is 105 Å². The zero-order chi connectivity index (χ0) is 18.2. The minimum atomic E-state index is -0.523. The highest BCUT2D eigenvalue weighted by molar-refractivity contribution is 9.10. The summed E-state index contributed by atoms with van der Waals surface area (Å²) < 4.78 is 12.7. The molecule has 0 bridgehead atoms. The number of oxazole rings is 1. The Morgan fingerprint density at radius 1 is 1.04 bits per heavy atom. The summed E-state index contributed by atoms with van der Waals surface area (Å²) in [5.74, 6) is 0.628. The van der Waals surface area contributed by atoms with Crippen LogP contribution in [0.5, 0.6) is 0 Å². The third kappa shape index (κ3) is 7.69. The fraction of sp³-hybridized carbons (Fsp3) is 0.850. The SMILES string of the molecule is CCCCCCCCCC(OC(C)(C)c1ncc(Br)o1)C(C)(C)C. The monoisotopic (exact) mass is 401 g/mol. The van der Waals surface area contributed by atoms with Crippen LogP contribution in [0.15, 0.2) is 15.3 Å². The lowest BCUT2D eigenvalue weighted by Gasteiger charge is -2.36. The highest BCUT2D eigenvalue weighted by Gasteiger charge is 2.35. The van der Waals surface area contributed by atoms with Crippen LogP contribution in [0.4, 0.5) is 0 Å². The van der Waals surface area contributed by atoms with Gasteiger partial charge in [0.15, 0.2) is 4.67 Å². The molecule has 140 valence electrons. The lowest BCUT2D eigenvalue weighted by Crippen LogP contribution is -2.37. The molecule has 0 aromatic carbocycles. The van der Waals surface area contributed by atoms with Crippen LogP contribution in [0.25, 0.3) is 0 Å². The van der Waals surface area contributed by atoms with Gasteiger partial charge < -0.3 is 9.15 Å². The quantitative estimate of drug-likeness (QED) is 0.366. The van der Waals surface area contributed by atoms with E-state index in [0.717, 1.165) is 6.42 Å². The van der Waals surface area contributed by atoms with E-state index in [0.29, 0.717) is 10.6 Å². The van der Waals surface area contributed by atoms with Gasteiger partial charge in [0.25, 0.3) is 0 Å². The summed E-state index contributed by atoms with van der Waals surface area (Å²) in [6.07, 6.45) is 12.2. The van der Waals surface area contributed by atoms with Crippen molar-refractivity contribution in [1.29, 1.82) is 0 Å². The number of hydrogen-bond donors (Lipinski definition) is 0. The molecular weight excluding hydrogens is 366 g/mol. The Morgan fingerprint density at radius 3 is 2.12 bits per heavy atom. The van der Waals surface area contributed by atoms with Gasteiger partial charge in [0.05, 0.1) is 12.3 Å². The van der Waals surface area contributed by atoms with E-state index in [1.165, 1.54) is 44.9 Å². The molecule has 0 aliphatic rings. The lowest BCUT2D eigenvalue weighted by atomic mass is 9.85. The molecule has 0 aliphatic heterocycles. The maximum Gasteiger partial charge on any atom is 0.227 e. The van der Waals surface area contributed by atoms with Crippen LogP contribution in [0.1, 0.15) is 98.8 Å². The Balaban J connectivity index is 2.51. The van der Waals surface area contributed by atoms with Gasteiger partial charge in [-0.05, 0) is 41.6 Å². The lowest BCUT2D eigenvalue weighted by molar-refractivity contribution is -0.133. The minimum absolute atomic E-state index is 0.101. The topological polar surface area (TPSA) is 35.3 Å². The fourth-order valence-electron chi connectivity index (χ4n) is 2.89. The molecule has 1 rings (SSSR count). The van der Waals surface area contributed by atoms with Crippen LogP contribution in [0.3, 0.4) is 0 Å². The van der Waals surface area contributed by atoms with Gasteiger partial charge in [-0.3, -0.25) is 0 Å². The van der Waals surface area contributed by atoms with Crippen molar-refractivity contribution in [3.8, 4) is 0 Å². The summed E-state index contributed by atoms with van der Waals surface area (Å²) in [6.45, 7) is 13.1. The first-order valence-electron chi connectivity index (χ1n) is 9.46. The molecule has 0 saturated carbocycles. The van der Waals surface area contributed by atoms with Crippen LogP contribution < -0.4 is 0 Å². The fourth-order valence-corrected chi connectivity index (χ4v) is 3.15. The maximum absolute atomic E-state index is 6.47. The van der Waals surface area contributed by atoms with E-state index in [2.05, 4.69) is 48.6 Å². The number of ether oxygens (including phenoxy) is 1. The molecule has 4 heteroatoms. The normalized spacial score (nSPS) is 14.1. The highest BCUT2D eigenvalue weighted by Crippen LogP contribution is 2.35. The van der Waals surface area contributed by atoms with Crippen LogP contribution in [-0.4, -0.2) is 11.1 Å². The number of halogens is 1. The standard InChI is InChI=1S/C20H36BrNO2/c1-7-8-9-10-11-12-13-14-16(19(2,3)4)24-20(5,6)18-22-15-17(21)23-18/h15-16H,7-14H2,1-6H3. The molecule has 0 fully saturated rings. The first-order valence-corrected chi connectivity index (χ1v) is 10.3. The predicted molar refractivity (Wildman–Crippen MR) is 104 cm³/mol. The number of rotatable bonds is 11. The largest absolute Gasteiger partial charge is 0.431 e. The van der Waals surface area contributed by atoms with E-state index in [1.807, 2.05) is 13.8 Å². The molecule has 0 spiro atoms. The van der Waals surface area contributed by atoms with E-state index >= 15 is 0 Å². The van der Waals surface area contributed by atoms with Gasteiger partial charge in [0.2, 0.25) is 5.89 Å². The van der Waals surface area contributed by atoms with Gasteiger partial charge in [-0.15, -0.1) is 0 Å². The number of nitrogens with zero attached hydrogens (tertiary/aromatic N) is 1. The molecule has 3 nitrogen and oxygen atoms in total. The van der Waals surface area contributed by atoms with Crippen LogP contribution in [0.2, 0.25) is 0 Å². The number of aromatic nitrogens is 1. The van der Waals surface area contributed by atoms with E-state index in [9.17, 15) is 0 Å². The van der Waals surface area contributed by atoms with Crippen molar-refractivity contribution in [3.63, 3.8) is 0 Å². The van der Waals surface area contributed by atoms with E-state index in [1.54, 1.807) is 6.20 Å². The molecule has 1 unspecified atom stereocenters. The zero-order valence-corrected chi connectivity index (χ0v) is 18.0. The Hall–Kier alpha value is -0.350. The molecule has 1 heterocycles. The second-order valence-corrected chi connectivity index (χ2v) is 9.14. The third-order valence-electron chi connectivity index (χ3n) is 4.47. The predicted octanol–water partition coefficient (Wildman–Crippen LogP) is 7.24. The summed E-state index contributed by atoms with van der Waals surface area (Å²) in [5, 5.41) is 0. The number of unbranched alkanes of at least 4 members (excludes halogenated alkanes) is 6. The minimum Gasteiger partial charge on any atom is -0.431 e. The molecule has 1 aromatic rings. The smallest absolute Gasteiger partial charge is 0.227 e. The number of hydrogen-bond acceptors (Lipinski definition) is 3. The second-order valence-electron chi connectivity index (χ2n) is 8.36. The van der Waals surface area contributed by atoms with Crippen LogP contribution in [-0.2, 0) is 10.3 Å². The first-order chi connectivity index (χ1) is 11.2. The van der Waals surface area contributed by atoms with Gasteiger partial charge in [-0.2, -0.15) is 0 Å². The van der Waals surface area contributed by atoms with Gasteiger partial charge >= 0.3 is 0 Å². The summed E-state index contributed by atoms with van der Waals surface area (Å²) in [7, 11) is 0. The summed E-state index contributed by atoms with van der Waals surface area (Å²) >= 11 is 3.32. The van der Waals surface area contributed by atoms with Gasteiger partial charge in [-0.1, -0.05) is 72.6 Å². The molecular formula is C20H36BrNO2. The third-order valence-corrected chi connectivity index (χ3v) is 4.83. The van der Waals surface area contributed by atoms with Crippen molar-refractivity contribution >= 4 is 15.9 Å². The summed E-state index contributed by atoms with van der Waals surface area (Å²) in [6, 6.07) is 0. The molecule has 0 N–H and O–H groups in total. The zero-order valence-electron chi connectivity index (χ0n) is 16.5. The Kier molecular flexibility index (Phi) is 9.00. The molecule has 0 aliphatic carbocycles. The van der Waals surface area contributed by atoms with Gasteiger partial charge in [0.1, 0.15) is 5.60 Å². The average Bonchev–Trinajstić information content (AvgIpc) is 2.91.